The van der Waals surface area contributed by atoms with E-state index >= 15 is 0 Å². The third-order valence-corrected chi connectivity index (χ3v) is 8.08. The number of fused-ring (bicyclic) bond motifs is 4. The smallest absolute Gasteiger partial charge is 0.254 e. The number of amides is 1. The molecular weight excluding hydrogens is 442 g/mol. The monoisotopic (exact) mass is 473 g/mol. The molecule has 2 fully saturated rings. The number of carbonyl (C=O) groups is 1. The lowest BCUT2D eigenvalue weighted by molar-refractivity contribution is 0.0696. The number of pyridine rings is 1. The largest absolute Gasteiger partial charge is 0.494 e. The maximum absolute atomic E-state index is 13.6. The molecule has 4 aromatic rings. The van der Waals surface area contributed by atoms with Gasteiger partial charge in [0.05, 0.1) is 24.9 Å². The van der Waals surface area contributed by atoms with Crippen molar-refractivity contribution in [3.63, 3.8) is 0 Å². The van der Waals surface area contributed by atoms with Gasteiger partial charge in [0.25, 0.3) is 5.91 Å². The van der Waals surface area contributed by atoms with Crippen molar-refractivity contribution >= 4 is 28.0 Å². The topological polar surface area (TPSA) is 74.4 Å². The van der Waals surface area contributed by atoms with E-state index < -0.39 is 0 Å². The maximum atomic E-state index is 13.6. The summed E-state index contributed by atoms with van der Waals surface area (Å²) in [7, 11) is 5.33. The lowest BCUT2D eigenvalue weighted by Gasteiger charge is -2.27. The molecule has 1 aliphatic heterocycles. The van der Waals surface area contributed by atoms with E-state index in [0.717, 1.165) is 46.6 Å². The van der Waals surface area contributed by atoms with E-state index in [1.165, 1.54) is 6.42 Å². The average molecular weight is 474 g/mol. The molecule has 8 nitrogen and oxygen atoms in total. The number of rotatable bonds is 6. The van der Waals surface area contributed by atoms with Gasteiger partial charge in [0.1, 0.15) is 16.9 Å². The van der Waals surface area contributed by atoms with Crippen LogP contribution in [0.25, 0.3) is 33.6 Å². The zero-order valence-electron chi connectivity index (χ0n) is 20.7. The Morgan fingerprint density at radius 3 is 2.77 bits per heavy atom. The van der Waals surface area contributed by atoms with E-state index in [-0.39, 0.29) is 5.91 Å². The molecule has 0 radical (unpaired) electrons. The number of nitrogens with zero attached hydrogens (tertiary/aromatic N) is 5. The average Bonchev–Trinajstić information content (AvgIpc) is 3.61. The predicted octanol–water partition coefficient (Wildman–Crippen LogP) is 4.12. The van der Waals surface area contributed by atoms with Crippen LogP contribution in [0.5, 0.6) is 5.75 Å². The third-order valence-electron chi connectivity index (χ3n) is 8.08. The van der Waals surface area contributed by atoms with Crippen molar-refractivity contribution in [2.75, 3.05) is 27.4 Å². The fraction of sp³-hybridized carbons (Fsp3) is 0.444. The van der Waals surface area contributed by atoms with Crippen molar-refractivity contribution in [3.05, 3.63) is 42.1 Å². The number of ether oxygens (including phenoxy) is 2. The number of hydrogen-bond donors (Lipinski definition) is 0. The van der Waals surface area contributed by atoms with E-state index in [9.17, 15) is 4.79 Å². The highest BCUT2D eigenvalue weighted by atomic mass is 16.5. The molecule has 8 heteroatoms. The maximum Gasteiger partial charge on any atom is 0.254 e. The van der Waals surface area contributed by atoms with Gasteiger partial charge in [-0.05, 0) is 55.0 Å². The normalized spacial score (nSPS) is 21.5. The summed E-state index contributed by atoms with van der Waals surface area (Å²) in [6.07, 6.45) is 4.13. The molecule has 35 heavy (non-hydrogen) atoms. The number of aromatic nitrogens is 4. The van der Waals surface area contributed by atoms with Crippen LogP contribution in [-0.4, -0.2) is 63.3 Å². The Labute approximate surface area is 204 Å². The minimum atomic E-state index is 0.0786. The first-order chi connectivity index (χ1) is 17.0. The molecule has 1 amide bonds. The molecular formula is C27H31N5O3. The van der Waals surface area contributed by atoms with Crippen LogP contribution in [0.2, 0.25) is 0 Å². The van der Waals surface area contributed by atoms with Gasteiger partial charge in [-0.15, -0.1) is 0 Å². The van der Waals surface area contributed by atoms with E-state index in [1.807, 2.05) is 29.8 Å². The molecule has 1 unspecified atom stereocenters. The van der Waals surface area contributed by atoms with Gasteiger partial charge in [-0.3, -0.25) is 4.79 Å². The van der Waals surface area contributed by atoms with Crippen molar-refractivity contribution in [1.82, 2.24) is 24.0 Å². The first kappa shape index (κ1) is 22.1. The van der Waals surface area contributed by atoms with E-state index in [4.69, 9.17) is 14.5 Å². The second-order valence-corrected chi connectivity index (χ2v) is 9.85. The number of benzene rings is 1. The highest BCUT2D eigenvalue weighted by molar-refractivity contribution is 6.00. The van der Waals surface area contributed by atoms with Gasteiger partial charge < -0.3 is 23.5 Å². The summed E-state index contributed by atoms with van der Waals surface area (Å²) in [5.41, 5.74) is 4.11. The number of likely N-dealkylation sites (tertiary alicyclic amines) is 1. The van der Waals surface area contributed by atoms with Gasteiger partial charge in [0.15, 0.2) is 5.82 Å². The minimum absolute atomic E-state index is 0.0786. The van der Waals surface area contributed by atoms with Crippen molar-refractivity contribution in [1.29, 1.82) is 0 Å². The number of methoxy groups -OCH3 is 2. The zero-order valence-corrected chi connectivity index (χ0v) is 20.7. The van der Waals surface area contributed by atoms with Crippen LogP contribution < -0.4 is 4.74 Å². The number of aryl methyl sites for hydroxylation is 1. The van der Waals surface area contributed by atoms with Gasteiger partial charge >= 0.3 is 0 Å². The van der Waals surface area contributed by atoms with Crippen molar-refractivity contribution in [2.45, 2.75) is 32.4 Å². The number of hydrogen-bond acceptors (Lipinski definition) is 5. The predicted molar refractivity (Wildman–Crippen MR) is 135 cm³/mol. The Bertz CT molecular complexity index is 1440. The molecule has 1 saturated heterocycles. The first-order valence-electron chi connectivity index (χ1n) is 12.3. The minimum Gasteiger partial charge on any atom is -0.494 e. The lowest BCUT2D eigenvalue weighted by atomic mass is 10.0. The summed E-state index contributed by atoms with van der Waals surface area (Å²) in [6.45, 7) is 4.36. The van der Waals surface area contributed by atoms with Crippen LogP contribution in [0, 0.1) is 11.8 Å². The molecule has 3 atom stereocenters. The van der Waals surface area contributed by atoms with E-state index in [0.29, 0.717) is 42.3 Å². The molecule has 6 rings (SSSR count). The molecule has 3 aromatic heterocycles. The lowest BCUT2D eigenvalue weighted by Crippen LogP contribution is -2.38. The zero-order chi connectivity index (χ0) is 24.3. The summed E-state index contributed by atoms with van der Waals surface area (Å²) >= 11 is 0. The second kappa shape index (κ2) is 8.37. The number of carbonyl (C=O) groups excluding carboxylic acids is 1. The first-order valence-corrected chi connectivity index (χ1v) is 12.3. The molecule has 2 aliphatic rings. The molecule has 1 aliphatic carbocycles. The molecule has 1 saturated carbocycles. The van der Waals surface area contributed by atoms with Crippen LogP contribution in [0.4, 0.5) is 0 Å². The van der Waals surface area contributed by atoms with Crippen LogP contribution >= 0.6 is 0 Å². The van der Waals surface area contributed by atoms with Gasteiger partial charge in [0.2, 0.25) is 0 Å². The van der Waals surface area contributed by atoms with Gasteiger partial charge in [-0.1, -0.05) is 6.92 Å². The number of imidazole rings is 1. The quantitative estimate of drug-likeness (QED) is 0.421. The summed E-state index contributed by atoms with van der Waals surface area (Å²) in [5.74, 6) is 2.73. The molecule has 0 N–H and O–H groups in total. The van der Waals surface area contributed by atoms with Crippen LogP contribution in [0.3, 0.4) is 0 Å². The second-order valence-electron chi connectivity index (χ2n) is 9.85. The Hall–Kier alpha value is -3.39. The van der Waals surface area contributed by atoms with E-state index in [2.05, 4.69) is 33.5 Å². The molecule has 2 bridgehead atoms. The standard InChI is InChI=1S/C27H31N5O3/c1-16-18-7-8-21(16)32(15-18)27(33)19-12-20-24(23(14-19)35-4)30(2)26(29-20)22-13-17-6-5-9-28-25(17)31(22)10-11-34-3/h5-6,9,12-14,16,18,21H,7-8,10-11,15H2,1-4H3/t16?,18-,21-/m1/s1. The fourth-order valence-electron chi connectivity index (χ4n) is 6.21. The van der Waals surface area contributed by atoms with Crippen molar-refractivity contribution < 1.29 is 14.3 Å². The highest BCUT2D eigenvalue weighted by Gasteiger charge is 2.46. The Morgan fingerprint density at radius 2 is 2.06 bits per heavy atom. The van der Waals surface area contributed by atoms with Gasteiger partial charge in [-0.25, -0.2) is 9.97 Å². The van der Waals surface area contributed by atoms with Gasteiger partial charge in [0, 0.05) is 50.4 Å². The summed E-state index contributed by atoms with van der Waals surface area (Å²) in [6, 6.07) is 10.2. The van der Waals surface area contributed by atoms with Crippen molar-refractivity contribution in [2.24, 2.45) is 18.9 Å². The Kier molecular flexibility index (Phi) is 5.29. The molecule has 1 aromatic carbocycles. The summed E-state index contributed by atoms with van der Waals surface area (Å²) in [4.78, 5) is 25.2. The van der Waals surface area contributed by atoms with Crippen LogP contribution in [0.1, 0.15) is 30.1 Å². The SMILES string of the molecule is COCCn1c(-c2nc3cc(C(=O)N4C[C@H]5CC[C@@H]4C5C)cc(OC)c3n2C)cc2cccnc21. The van der Waals surface area contributed by atoms with Crippen molar-refractivity contribution in [3.8, 4) is 17.3 Å². The summed E-state index contributed by atoms with van der Waals surface area (Å²) < 4.78 is 15.3. The third kappa shape index (κ3) is 3.34. The molecule has 0 spiro atoms. The van der Waals surface area contributed by atoms with Gasteiger partial charge in [-0.2, -0.15) is 0 Å². The fourth-order valence-corrected chi connectivity index (χ4v) is 6.21. The van der Waals surface area contributed by atoms with Crippen LogP contribution in [0.15, 0.2) is 36.5 Å². The van der Waals surface area contributed by atoms with Crippen LogP contribution in [-0.2, 0) is 18.3 Å². The highest BCUT2D eigenvalue weighted by Crippen LogP contribution is 2.43. The van der Waals surface area contributed by atoms with E-state index in [1.54, 1.807) is 20.4 Å². The molecule has 182 valence electrons. The Morgan fingerprint density at radius 1 is 1.20 bits per heavy atom. The summed E-state index contributed by atoms with van der Waals surface area (Å²) in [5, 5.41) is 1.05. The number of piperidine rings is 1. The molecule has 4 heterocycles. The Balaban J connectivity index is 1.46.